The van der Waals surface area contributed by atoms with Gasteiger partial charge in [0, 0.05) is 32.3 Å². The van der Waals surface area contributed by atoms with Crippen LogP contribution in [0.1, 0.15) is 27.7 Å². The molecule has 10 nitrogen and oxygen atoms in total. The van der Waals surface area contributed by atoms with Gasteiger partial charge in [-0.25, -0.2) is 4.79 Å². The maximum absolute atomic E-state index is 13.2. The molecular formula is C19H33N5O5. The Balaban J connectivity index is 2.43. The van der Waals surface area contributed by atoms with Crippen molar-refractivity contribution in [2.45, 2.75) is 39.8 Å². The zero-order valence-corrected chi connectivity index (χ0v) is 18.0. The number of nitrogens with one attached hydrogen (secondary N) is 1. The van der Waals surface area contributed by atoms with Crippen molar-refractivity contribution in [3.63, 3.8) is 0 Å². The fourth-order valence-electron chi connectivity index (χ4n) is 3.36. The average molecular weight is 412 g/mol. The van der Waals surface area contributed by atoms with Crippen molar-refractivity contribution in [1.82, 2.24) is 14.5 Å². The molecule has 0 aromatic carbocycles. The first-order valence-corrected chi connectivity index (χ1v) is 9.83. The van der Waals surface area contributed by atoms with Gasteiger partial charge >= 0.3 is 5.69 Å². The summed E-state index contributed by atoms with van der Waals surface area (Å²) in [5.74, 6) is -0.173. The predicted octanol–water partition coefficient (Wildman–Crippen LogP) is -0.135. The lowest BCUT2D eigenvalue weighted by Crippen LogP contribution is -2.57. The number of nitrogens with two attached hydrogens (primary N) is 1. The van der Waals surface area contributed by atoms with Crippen LogP contribution >= 0.6 is 0 Å². The fraction of sp³-hybridized carbons (Fsp3) is 0.737. The van der Waals surface area contributed by atoms with Crippen LogP contribution in [0.2, 0.25) is 0 Å². The lowest BCUT2D eigenvalue weighted by Gasteiger charge is -2.42. The summed E-state index contributed by atoms with van der Waals surface area (Å²) in [5, 5.41) is 0. The molecule has 1 aromatic rings. The Morgan fingerprint density at radius 3 is 2.66 bits per heavy atom. The first-order chi connectivity index (χ1) is 13.6. The number of H-pyrrole nitrogens is 1. The summed E-state index contributed by atoms with van der Waals surface area (Å²) in [6.07, 6.45) is 0. The van der Waals surface area contributed by atoms with Crippen molar-refractivity contribution in [3.05, 3.63) is 20.8 Å². The molecule has 0 radical (unpaired) electrons. The number of nitrogens with zero attached hydrogens (tertiary/aromatic N) is 3. The molecule has 2 heterocycles. The number of rotatable bonds is 8. The van der Waals surface area contributed by atoms with Crippen molar-refractivity contribution < 1.29 is 14.3 Å². The maximum atomic E-state index is 13.2. The third-order valence-corrected chi connectivity index (χ3v) is 4.99. The van der Waals surface area contributed by atoms with Gasteiger partial charge in [0.2, 0.25) is 5.91 Å². The lowest BCUT2D eigenvalue weighted by atomic mass is 10.0. The molecule has 0 spiro atoms. The quantitative estimate of drug-likeness (QED) is 0.611. The Bertz CT molecular complexity index is 829. The van der Waals surface area contributed by atoms with E-state index in [1.165, 1.54) is 16.6 Å². The van der Waals surface area contributed by atoms with E-state index in [-0.39, 0.29) is 48.6 Å². The molecule has 2 rings (SSSR count). The van der Waals surface area contributed by atoms with Crippen LogP contribution in [0.25, 0.3) is 0 Å². The molecule has 1 amide bonds. The smallest absolute Gasteiger partial charge is 0.330 e. The van der Waals surface area contributed by atoms with Gasteiger partial charge in [0.25, 0.3) is 5.56 Å². The Labute approximate surface area is 170 Å². The largest absolute Gasteiger partial charge is 0.383 e. The molecule has 1 aliphatic rings. The number of morpholine rings is 1. The summed E-state index contributed by atoms with van der Waals surface area (Å²) in [4.78, 5) is 43.7. The Morgan fingerprint density at radius 2 is 2.07 bits per heavy atom. The number of ether oxygens (including phenoxy) is 2. The molecule has 29 heavy (non-hydrogen) atoms. The molecule has 0 atom stereocenters. The van der Waals surface area contributed by atoms with Gasteiger partial charge in [0.1, 0.15) is 5.82 Å². The Hall–Kier alpha value is -2.17. The number of nitrogen functional groups attached to an aromatic ring is 1. The van der Waals surface area contributed by atoms with Crippen molar-refractivity contribution in [2.24, 2.45) is 5.92 Å². The molecule has 1 fully saturated rings. The van der Waals surface area contributed by atoms with E-state index in [1.54, 1.807) is 0 Å². The zero-order chi connectivity index (χ0) is 21.8. The van der Waals surface area contributed by atoms with Gasteiger partial charge in [-0.3, -0.25) is 24.0 Å². The standard InChI is InChI=1S/C19H33N5O5/c1-13(2)10-24-16(20)15(17(26)21-18(24)27)23(7-8-28-5)14(25)11-22-6-9-29-12-19(22,3)4/h13H,6-12,20H2,1-5H3,(H,21,26,27). The summed E-state index contributed by atoms with van der Waals surface area (Å²) >= 11 is 0. The normalized spacial score (nSPS) is 16.9. The van der Waals surface area contributed by atoms with Gasteiger partial charge in [0.05, 0.1) is 26.4 Å². The molecule has 3 N–H and O–H groups in total. The molecular weight excluding hydrogens is 378 g/mol. The van der Waals surface area contributed by atoms with Gasteiger partial charge in [-0.05, 0) is 19.8 Å². The monoisotopic (exact) mass is 411 g/mol. The Kier molecular flexibility index (Phi) is 7.61. The number of carbonyl (C=O) groups excluding carboxylic acids is 1. The number of amides is 1. The van der Waals surface area contributed by atoms with Crippen LogP contribution in [0, 0.1) is 5.92 Å². The van der Waals surface area contributed by atoms with Crippen molar-refractivity contribution >= 4 is 17.4 Å². The van der Waals surface area contributed by atoms with Crippen LogP contribution in [0.5, 0.6) is 0 Å². The van der Waals surface area contributed by atoms with Gasteiger partial charge < -0.3 is 20.1 Å². The predicted molar refractivity (Wildman–Crippen MR) is 111 cm³/mol. The van der Waals surface area contributed by atoms with Crippen LogP contribution in [0.3, 0.4) is 0 Å². The minimum atomic E-state index is -0.682. The number of carbonyl (C=O) groups is 1. The summed E-state index contributed by atoms with van der Waals surface area (Å²) in [5.41, 5.74) is 4.61. The van der Waals surface area contributed by atoms with Crippen LogP contribution in [-0.2, 0) is 20.8 Å². The third-order valence-electron chi connectivity index (χ3n) is 4.99. The van der Waals surface area contributed by atoms with Gasteiger partial charge in [0.15, 0.2) is 5.69 Å². The molecule has 0 unspecified atom stereocenters. The maximum Gasteiger partial charge on any atom is 0.330 e. The molecule has 0 bridgehead atoms. The number of aromatic amines is 1. The molecule has 10 heteroatoms. The van der Waals surface area contributed by atoms with E-state index in [4.69, 9.17) is 15.2 Å². The van der Waals surface area contributed by atoms with Crippen molar-refractivity contribution in [2.75, 3.05) is 57.2 Å². The fourth-order valence-corrected chi connectivity index (χ4v) is 3.36. The second-order valence-corrected chi connectivity index (χ2v) is 8.32. The highest BCUT2D eigenvalue weighted by Gasteiger charge is 2.34. The van der Waals surface area contributed by atoms with E-state index in [0.717, 1.165) is 0 Å². The summed E-state index contributed by atoms with van der Waals surface area (Å²) in [6.45, 7) is 10.3. The SMILES string of the molecule is COCCN(C(=O)CN1CCOCC1(C)C)c1c(N)n(CC(C)C)c(=O)[nH]c1=O. The van der Waals surface area contributed by atoms with E-state index < -0.39 is 11.2 Å². The van der Waals surface area contributed by atoms with Crippen LogP contribution in [-0.4, -0.2) is 72.5 Å². The second kappa shape index (κ2) is 9.55. The summed E-state index contributed by atoms with van der Waals surface area (Å²) in [6, 6.07) is 0. The average Bonchev–Trinajstić information content (AvgIpc) is 2.62. The van der Waals surface area contributed by atoms with E-state index in [9.17, 15) is 14.4 Å². The number of methoxy groups -OCH3 is 1. The van der Waals surface area contributed by atoms with E-state index in [0.29, 0.717) is 26.3 Å². The first-order valence-electron chi connectivity index (χ1n) is 9.83. The van der Waals surface area contributed by atoms with Crippen LogP contribution in [0.15, 0.2) is 9.59 Å². The highest BCUT2D eigenvalue weighted by Crippen LogP contribution is 2.21. The number of hydrogen-bond donors (Lipinski definition) is 2. The van der Waals surface area contributed by atoms with E-state index in [2.05, 4.69) is 4.98 Å². The second-order valence-electron chi connectivity index (χ2n) is 8.32. The van der Waals surface area contributed by atoms with Gasteiger partial charge in [-0.2, -0.15) is 0 Å². The summed E-state index contributed by atoms with van der Waals surface area (Å²) in [7, 11) is 1.51. The molecule has 0 aliphatic carbocycles. The molecule has 0 saturated carbocycles. The third kappa shape index (κ3) is 5.46. The van der Waals surface area contributed by atoms with Crippen molar-refractivity contribution in [1.29, 1.82) is 0 Å². The highest BCUT2D eigenvalue weighted by molar-refractivity contribution is 5.96. The highest BCUT2D eigenvalue weighted by atomic mass is 16.5. The molecule has 1 saturated heterocycles. The van der Waals surface area contributed by atoms with Crippen LogP contribution < -0.4 is 21.9 Å². The summed E-state index contributed by atoms with van der Waals surface area (Å²) < 4.78 is 11.9. The van der Waals surface area contributed by atoms with Gasteiger partial charge in [-0.15, -0.1) is 0 Å². The lowest BCUT2D eigenvalue weighted by molar-refractivity contribution is -0.125. The topological polar surface area (TPSA) is 123 Å². The molecule has 1 aromatic heterocycles. The van der Waals surface area contributed by atoms with Crippen molar-refractivity contribution in [3.8, 4) is 0 Å². The number of hydrogen-bond acceptors (Lipinski definition) is 7. The van der Waals surface area contributed by atoms with Gasteiger partial charge in [-0.1, -0.05) is 13.8 Å². The van der Waals surface area contributed by atoms with Crippen LogP contribution in [0.4, 0.5) is 11.5 Å². The molecule has 1 aliphatic heterocycles. The molecule has 164 valence electrons. The minimum absolute atomic E-state index is 0.0154. The minimum Gasteiger partial charge on any atom is -0.383 e. The Morgan fingerprint density at radius 1 is 1.38 bits per heavy atom. The van der Waals surface area contributed by atoms with E-state index >= 15 is 0 Å². The number of aromatic nitrogens is 2. The zero-order valence-electron chi connectivity index (χ0n) is 18.0. The van der Waals surface area contributed by atoms with E-state index in [1.807, 2.05) is 32.6 Å². The number of anilines is 2. The first kappa shape index (κ1) is 23.1.